The molecule has 0 saturated carbocycles. The van der Waals surface area contributed by atoms with E-state index in [-0.39, 0.29) is 18.2 Å². The minimum Gasteiger partial charge on any atom is -0.382 e. The fourth-order valence-electron chi connectivity index (χ4n) is 3.49. The summed E-state index contributed by atoms with van der Waals surface area (Å²) in [4.78, 5) is 15.8. The zero-order valence-electron chi connectivity index (χ0n) is 15.6. The first kappa shape index (κ1) is 18.5. The predicted octanol–water partition coefficient (Wildman–Crippen LogP) is 2.53. The highest BCUT2D eigenvalue weighted by atomic mass is 32.2. The minimum absolute atomic E-state index is 0.184. The molecule has 1 aliphatic heterocycles. The van der Waals surface area contributed by atoms with Crippen LogP contribution in [0.3, 0.4) is 0 Å². The lowest BCUT2D eigenvalue weighted by Crippen LogP contribution is -2.13. The van der Waals surface area contributed by atoms with Gasteiger partial charge in [-0.3, -0.25) is 4.79 Å². The summed E-state index contributed by atoms with van der Waals surface area (Å²) in [5, 5.41) is 7.11. The Labute approximate surface area is 163 Å². The molecule has 146 valence electrons. The van der Waals surface area contributed by atoms with Crippen molar-refractivity contribution in [2.24, 2.45) is 0 Å². The Morgan fingerprint density at radius 2 is 2.00 bits per heavy atom. The summed E-state index contributed by atoms with van der Waals surface area (Å²) in [7, 11) is -3.68. The number of carbonyl (C=O) groups is 1. The number of hydrogen-bond acceptors (Lipinski definition) is 5. The molecule has 7 nitrogen and oxygen atoms in total. The molecule has 1 aliphatic rings. The number of carbonyl (C=O) groups excluding carboxylic acids is 1. The number of amides is 1. The minimum atomic E-state index is -3.68. The predicted molar refractivity (Wildman–Crippen MR) is 108 cm³/mol. The summed E-state index contributed by atoms with van der Waals surface area (Å²) in [6, 6.07) is 11.5. The fraction of sp³-hybridized carbons (Fsp3) is 0.250. The normalized spacial score (nSPS) is 13.6. The molecule has 2 heterocycles. The van der Waals surface area contributed by atoms with Crippen LogP contribution in [0.1, 0.15) is 28.4 Å². The van der Waals surface area contributed by atoms with Gasteiger partial charge in [-0.25, -0.2) is 0 Å². The van der Waals surface area contributed by atoms with Crippen LogP contribution in [-0.4, -0.2) is 32.1 Å². The first-order valence-electron chi connectivity index (χ1n) is 9.02. The Kier molecular flexibility index (Phi) is 4.60. The van der Waals surface area contributed by atoms with E-state index in [1.54, 1.807) is 12.1 Å². The smallest absolute Gasteiger partial charge is 0.306 e. The van der Waals surface area contributed by atoms with Crippen molar-refractivity contribution in [2.75, 3.05) is 12.8 Å². The van der Waals surface area contributed by atoms with Crippen LogP contribution in [0.4, 0.5) is 0 Å². The Morgan fingerprint density at radius 1 is 1.18 bits per heavy atom. The molecule has 0 spiro atoms. The van der Waals surface area contributed by atoms with Crippen molar-refractivity contribution in [2.45, 2.75) is 20.0 Å². The lowest BCUT2D eigenvalue weighted by atomic mass is 9.99. The second-order valence-corrected chi connectivity index (χ2v) is 8.39. The highest BCUT2D eigenvalue weighted by molar-refractivity contribution is 7.86. The van der Waals surface area contributed by atoms with Gasteiger partial charge in [-0.05, 0) is 42.4 Å². The molecule has 0 aliphatic carbocycles. The van der Waals surface area contributed by atoms with E-state index in [1.807, 2.05) is 12.1 Å². The molecular weight excluding hydrogens is 378 g/mol. The summed E-state index contributed by atoms with van der Waals surface area (Å²) < 4.78 is 28.1. The van der Waals surface area contributed by atoms with Crippen molar-refractivity contribution in [1.29, 1.82) is 0 Å². The van der Waals surface area contributed by atoms with Crippen molar-refractivity contribution in [1.82, 2.24) is 15.6 Å². The monoisotopic (exact) mass is 399 g/mol. The van der Waals surface area contributed by atoms with Gasteiger partial charge < -0.3 is 19.8 Å². The number of aromatic amines is 1. The van der Waals surface area contributed by atoms with E-state index in [2.05, 4.69) is 34.7 Å². The highest BCUT2D eigenvalue weighted by Gasteiger charge is 2.28. The molecule has 8 heteroatoms. The summed E-state index contributed by atoms with van der Waals surface area (Å²) in [6.07, 6.45) is 0.986. The van der Waals surface area contributed by atoms with E-state index < -0.39 is 10.1 Å². The van der Waals surface area contributed by atoms with Crippen LogP contribution in [0.2, 0.25) is 0 Å². The van der Waals surface area contributed by atoms with Gasteiger partial charge in [0.15, 0.2) is 0 Å². The number of rotatable bonds is 6. The van der Waals surface area contributed by atoms with Crippen molar-refractivity contribution in [3.8, 4) is 17.0 Å². The molecule has 0 saturated heterocycles. The number of nitrogens with one attached hydrogen (secondary N) is 3. The summed E-state index contributed by atoms with van der Waals surface area (Å²) >= 11 is 0. The zero-order chi connectivity index (χ0) is 19.9. The first-order chi connectivity index (χ1) is 13.4. The van der Waals surface area contributed by atoms with Crippen LogP contribution in [0, 0.1) is 0 Å². The van der Waals surface area contributed by atoms with Gasteiger partial charge in [-0.2, -0.15) is 8.42 Å². The lowest BCUT2D eigenvalue weighted by Gasteiger charge is -2.10. The van der Waals surface area contributed by atoms with Gasteiger partial charge in [0.2, 0.25) is 0 Å². The maximum Gasteiger partial charge on any atom is 0.306 e. The van der Waals surface area contributed by atoms with Crippen LogP contribution >= 0.6 is 0 Å². The van der Waals surface area contributed by atoms with Gasteiger partial charge in [-0.15, -0.1) is 0 Å². The van der Waals surface area contributed by atoms with Gasteiger partial charge in [-0.1, -0.05) is 13.0 Å². The van der Waals surface area contributed by atoms with Gasteiger partial charge in [0.05, 0.1) is 11.8 Å². The number of H-pyrrole nitrogens is 1. The van der Waals surface area contributed by atoms with Crippen molar-refractivity contribution in [3.05, 3.63) is 53.1 Å². The Hall–Kier alpha value is -2.84. The first-order valence-corrected chi connectivity index (χ1v) is 10.8. The Morgan fingerprint density at radius 3 is 2.75 bits per heavy atom. The van der Waals surface area contributed by atoms with Gasteiger partial charge >= 0.3 is 10.1 Å². The van der Waals surface area contributed by atoms with E-state index in [1.165, 1.54) is 5.56 Å². The number of hydrogen-bond donors (Lipinski definition) is 3. The number of aromatic nitrogens is 1. The molecule has 0 radical (unpaired) electrons. The molecular formula is C20H21N3O4S. The summed E-state index contributed by atoms with van der Waals surface area (Å²) in [5.74, 6) is -0.0564. The van der Waals surface area contributed by atoms with Gasteiger partial charge in [0, 0.05) is 40.8 Å². The molecule has 0 unspecified atom stereocenters. The third-order valence-electron chi connectivity index (χ3n) is 4.72. The quantitative estimate of drug-likeness (QED) is 0.553. The van der Waals surface area contributed by atoms with Crippen LogP contribution in [-0.2, 0) is 23.2 Å². The average Bonchev–Trinajstić information content (AvgIpc) is 3.23. The molecule has 1 amide bonds. The molecule has 1 aromatic heterocycles. The molecule has 0 bridgehead atoms. The van der Waals surface area contributed by atoms with Gasteiger partial charge in [0.1, 0.15) is 5.75 Å². The molecule has 4 rings (SSSR count). The standard InChI is InChI=1S/C20H21N3O4S/c1-3-21-10-12-4-6-16-13(8-12)9-17(23-16)14-5-7-18(27-28(2,25)26)15-11-22-20(24)19(14)15/h4-9,21,23H,3,10-11H2,1-2H3,(H,22,24). The highest BCUT2D eigenvalue weighted by Crippen LogP contribution is 2.36. The maximum absolute atomic E-state index is 12.4. The van der Waals surface area contributed by atoms with Gasteiger partial charge in [0.25, 0.3) is 5.91 Å². The lowest BCUT2D eigenvalue weighted by molar-refractivity contribution is 0.0966. The van der Waals surface area contributed by atoms with E-state index in [9.17, 15) is 13.2 Å². The van der Waals surface area contributed by atoms with E-state index in [0.717, 1.165) is 41.5 Å². The number of benzene rings is 2. The maximum atomic E-state index is 12.4. The molecule has 3 N–H and O–H groups in total. The molecule has 0 fully saturated rings. The molecule has 28 heavy (non-hydrogen) atoms. The largest absolute Gasteiger partial charge is 0.382 e. The van der Waals surface area contributed by atoms with E-state index >= 15 is 0 Å². The Bertz CT molecular complexity index is 1180. The average molecular weight is 399 g/mol. The van der Waals surface area contributed by atoms with Crippen LogP contribution < -0.4 is 14.8 Å². The third-order valence-corrected chi connectivity index (χ3v) is 5.20. The summed E-state index contributed by atoms with van der Waals surface area (Å²) in [6.45, 7) is 4.00. The van der Waals surface area contributed by atoms with Crippen LogP contribution in [0.5, 0.6) is 5.75 Å². The second kappa shape index (κ2) is 6.96. The second-order valence-electron chi connectivity index (χ2n) is 6.82. The SMILES string of the molecule is CCNCc1ccc2[nH]c(-c3ccc(OS(C)(=O)=O)c4c3C(=O)NC4)cc2c1. The van der Waals surface area contributed by atoms with E-state index in [0.29, 0.717) is 11.1 Å². The van der Waals surface area contributed by atoms with Crippen LogP contribution in [0.15, 0.2) is 36.4 Å². The number of fused-ring (bicyclic) bond motifs is 2. The fourth-order valence-corrected chi connectivity index (χ4v) is 3.98. The topological polar surface area (TPSA) is 100 Å². The molecule has 3 aromatic rings. The third kappa shape index (κ3) is 3.48. The Balaban J connectivity index is 1.79. The molecule has 2 aromatic carbocycles. The molecule has 0 atom stereocenters. The van der Waals surface area contributed by atoms with Crippen molar-refractivity contribution < 1.29 is 17.4 Å². The zero-order valence-corrected chi connectivity index (χ0v) is 16.4. The van der Waals surface area contributed by atoms with E-state index in [4.69, 9.17) is 4.18 Å². The van der Waals surface area contributed by atoms with Crippen molar-refractivity contribution >= 4 is 26.9 Å². The summed E-state index contributed by atoms with van der Waals surface area (Å²) in [5.41, 5.74) is 4.67. The van der Waals surface area contributed by atoms with Crippen molar-refractivity contribution in [3.63, 3.8) is 0 Å². The van der Waals surface area contributed by atoms with Crippen LogP contribution in [0.25, 0.3) is 22.2 Å².